The Morgan fingerprint density at radius 2 is 1.54 bits per heavy atom. The summed E-state index contributed by atoms with van der Waals surface area (Å²) in [5, 5.41) is 38.4. The molecule has 4 N–H and O–H groups in total. The number of aromatic hydroxyl groups is 1. The lowest BCUT2D eigenvalue weighted by atomic mass is 9.98. The van der Waals surface area contributed by atoms with Gasteiger partial charge in [-0.15, -0.1) is 0 Å². The molecule has 2 aromatic carbocycles. The quantitative estimate of drug-likeness (QED) is 0.594. The highest BCUT2D eigenvalue weighted by atomic mass is 16.4. The summed E-state index contributed by atoms with van der Waals surface area (Å²) in [7, 11) is 0. The average Bonchev–Trinajstić information content (AvgIpc) is 2.48. The molecule has 2 aromatic rings. The molecule has 0 radical (unpaired) electrons. The van der Waals surface area contributed by atoms with E-state index in [9.17, 15) is 24.6 Å². The van der Waals surface area contributed by atoms with E-state index in [-0.39, 0.29) is 17.7 Å². The van der Waals surface area contributed by atoms with Gasteiger partial charge < -0.3 is 20.4 Å². The lowest BCUT2D eigenvalue weighted by Crippen LogP contribution is -2.34. The maximum atomic E-state index is 11.3. The van der Waals surface area contributed by atoms with Gasteiger partial charge in [-0.05, 0) is 16.8 Å². The number of aromatic carboxylic acids is 1. The molecule has 0 saturated carbocycles. The highest BCUT2D eigenvalue weighted by Crippen LogP contribution is 2.32. The van der Waals surface area contributed by atoms with Gasteiger partial charge in [-0.2, -0.15) is 0 Å². The molecule has 0 amide bonds. The standard InChI is InChI=1S/C16H15NO7/c18-13(19)7-17(8-14(20)21)6-12-10-4-2-1-3-9(10)5-11(15(12)22)16(23)24/h1-5,22H,6-8H2,(H,18,19)(H,20,21)(H,23,24). The van der Waals surface area contributed by atoms with Crippen LogP contribution < -0.4 is 0 Å². The Bertz CT molecular complexity index is 799. The van der Waals surface area contributed by atoms with Crippen molar-refractivity contribution >= 4 is 28.7 Å². The van der Waals surface area contributed by atoms with Gasteiger partial charge >= 0.3 is 17.9 Å². The summed E-state index contributed by atoms with van der Waals surface area (Å²) in [6, 6.07) is 8.00. The van der Waals surface area contributed by atoms with E-state index >= 15 is 0 Å². The molecule has 0 spiro atoms. The van der Waals surface area contributed by atoms with E-state index in [4.69, 9.17) is 10.2 Å². The predicted octanol–water partition coefficient (Wildman–Crippen LogP) is 1.21. The van der Waals surface area contributed by atoms with Crippen LogP contribution in [-0.4, -0.2) is 56.3 Å². The molecule has 0 aliphatic heterocycles. The maximum absolute atomic E-state index is 11.3. The molecular weight excluding hydrogens is 318 g/mol. The number of carbonyl (C=O) groups is 3. The van der Waals surface area contributed by atoms with E-state index in [0.717, 1.165) is 4.90 Å². The number of carboxylic acid groups (broad SMARTS) is 3. The zero-order chi connectivity index (χ0) is 17.9. The first-order valence-corrected chi connectivity index (χ1v) is 6.92. The molecule has 2 rings (SSSR count). The number of aliphatic carboxylic acids is 2. The molecule has 0 atom stereocenters. The third kappa shape index (κ3) is 3.79. The molecule has 0 fully saturated rings. The first kappa shape index (κ1) is 17.2. The second-order valence-corrected chi connectivity index (χ2v) is 5.21. The molecule has 0 heterocycles. The fourth-order valence-electron chi connectivity index (χ4n) is 2.51. The van der Waals surface area contributed by atoms with E-state index < -0.39 is 36.7 Å². The minimum atomic E-state index is -1.33. The Labute approximate surface area is 136 Å². The third-order valence-corrected chi connectivity index (χ3v) is 3.46. The number of hydrogen-bond acceptors (Lipinski definition) is 5. The van der Waals surface area contributed by atoms with Crippen LogP contribution in [0.2, 0.25) is 0 Å². The van der Waals surface area contributed by atoms with Gasteiger partial charge in [0.25, 0.3) is 0 Å². The van der Waals surface area contributed by atoms with Crippen LogP contribution in [0, 0.1) is 0 Å². The summed E-state index contributed by atoms with van der Waals surface area (Å²) in [4.78, 5) is 34.2. The molecule has 0 aliphatic carbocycles. The van der Waals surface area contributed by atoms with Gasteiger partial charge in [0, 0.05) is 12.1 Å². The van der Waals surface area contributed by atoms with Gasteiger partial charge in [0.15, 0.2) is 0 Å². The SMILES string of the molecule is O=C(O)CN(CC(=O)O)Cc1c(O)c(C(=O)O)cc2ccccc12. The Morgan fingerprint density at radius 3 is 2.08 bits per heavy atom. The molecule has 24 heavy (non-hydrogen) atoms. The van der Waals surface area contributed by atoms with Crippen LogP contribution in [0.25, 0.3) is 10.8 Å². The summed E-state index contributed by atoms with van der Waals surface area (Å²) < 4.78 is 0. The van der Waals surface area contributed by atoms with E-state index in [2.05, 4.69) is 0 Å². The number of fused-ring (bicyclic) bond motifs is 1. The zero-order valence-corrected chi connectivity index (χ0v) is 12.5. The van der Waals surface area contributed by atoms with Crippen molar-refractivity contribution in [1.29, 1.82) is 0 Å². The lowest BCUT2D eigenvalue weighted by Gasteiger charge is -2.20. The molecule has 0 unspecified atom stereocenters. The minimum absolute atomic E-state index is 0.174. The largest absolute Gasteiger partial charge is 0.507 e. The smallest absolute Gasteiger partial charge is 0.339 e. The fraction of sp³-hybridized carbons (Fsp3) is 0.188. The molecule has 8 nitrogen and oxygen atoms in total. The topological polar surface area (TPSA) is 135 Å². The third-order valence-electron chi connectivity index (χ3n) is 3.46. The Kier molecular flexibility index (Phi) is 5.00. The number of carboxylic acids is 3. The number of hydrogen-bond donors (Lipinski definition) is 4. The predicted molar refractivity (Wildman–Crippen MR) is 83.1 cm³/mol. The second-order valence-electron chi connectivity index (χ2n) is 5.21. The summed E-state index contributed by atoms with van der Waals surface area (Å²) >= 11 is 0. The van der Waals surface area contributed by atoms with Crippen LogP contribution in [0.5, 0.6) is 5.75 Å². The van der Waals surface area contributed by atoms with E-state index in [0.29, 0.717) is 10.8 Å². The van der Waals surface area contributed by atoms with Crippen molar-refractivity contribution < 1.29 is 34.8 Å². The number of rotatable bonds is 7. The van der Waals surface area contributed by atoms with Crippen LogP contribution in [0.15, 0.2) is 30.3 Å². The van der Waals surface area contributed by atoms with E-state index in [1.54, 1.807) is 24.3 Å². The Hall–Kier alpha value is -3.13. The molecule has 0 saturated heterocycles. The molecule has 8 heteroatoms. The summed E-state index contributed by atoms with van der Waals surface area (Å²) in [5.41, 5.74) is -0.151. The zero-order valence-electron chi connectivity index (χ0n) is 12.5. The average molecular weight is 333 g/mol. The van der Waals surface area contributed by atoms with Gasteiger partial charge in [0.1, 0.15) is 11.3 Å². The molecule has 126 valence electrons. The number of benzene rings is 2. The minimum Gasteiger partial charge on any atom is -0.507 e. The van der Waals surface area contributed by atoms with Crippen molar-refractivity contribution in [1.82, 2.24) is 4.90 Å². The van der Waals surface area contributed by atoms with Gasteiger partial charge in [0.05, 0.1) is 13.1 Å². The number of nitrogens with zero attached hydrogens (tertiary/aromatic N) is 1. The molecular formula is C16H15NO7. The highest BCUT2D eigenvalue weighted by Gasteiger charge is 2.21. The molecule has 0 aliphatic rings. The summed E-state index contributed by atoms with van der Waals surface area (Å²) in [5.74, 6) is -4.28. The van der Waals surface area contributed by atoms with Gasteiger partial charge in [-0.25, -0.2) is 4.79 Å². The van der Waals surface area contributed by atoms with E-state index in [1.807, 2.05) is 0 Å². The molecule has 0 bridgehead atoms. The van der Waals surface area contributed by atoms with Crippen molar-refractivity contribution in [3.05, 3.63) is 41.5 Å². The second kappa shape index (κ2) is 6.97. The summed E-state index contributed by atoms with van der Waals surface area (Å²) in [6.45, 7) is -1.33. The fourth-order valence-corrected chi connectivity index (χ4v) is 2.51. The highest BCUT2D eigenvalue weighted by molar-refractivity contribution is 5.99. The first-order valence-electron chi connectivity index (χ1n) is 6.92. The molecule has 0 aromatic heterocycles. The van der Waals surface area contributed by atoms with Crippen LogP contribution in [0.3, 0.4) is 0 Å². The van der Waals surface area contributed by atoms with Crippen molar-refractivity contribution in [3.8, 4) is 5.75 Å². The van der Waals surface area contributed by atoms with Crippen LogP contribution in [0.1, 0.15) is 15.9 Å². The van der Waals surface area contributed by atoms with E-state index in [1.165, 1.54) is 6.07 Å². The van der Waals surface area contributed by atoms with Crippen molar-refractivity contribution in [3.63, 3.8) is 0 Å². The monoisotopic (exact) mass is 333 g/mol. The normalized spacial score (nSPS) is 10.9. The van der Waals surface area contributed by atoms with Gasteiger partial charge in [-0.1, -0.05) is 24.3 Å². The summed E-state index contributed by atoms with van der Waals surface area (Å²) in [6.07, 6.45) is 0. The van der Waals surface area contributed by atoms with Crippen LogP contribution in [0.4, 0.5) is 0 Å². The number of phenols is 1. The maximum Gasteiger partial charge on any atom is 0.339 e. The van der Waals surface area contributed by atoms with Crippen LogP contribution >= 0.6 is 0 Å². The van der Waals surface area contributed by atoms with Crippen molar-refractivity contribution in [2.24, 2.45) is 0 Å². The Morgan fingerprint density at radius 1 is 0.958 bits per heavy atom. The van der Waals surface area contributed by atoms with Gasteiger partial charge in [0.2, 0.25) is 0 Å². The Balaban J connectivity index is 2.55. The van der Waals surface area contributed by atoms with Gasteiger partial charge in [-0.3, -0.25) is 14.5 Å². The first-order chi connectivity index (χ1) is 11.3. The van der Waals surface area contributed by atoms with Crippen molar-refractivity contribution in [2.45, 2.75) is 6.54 Å². The lowest BCUT2D eigenvalue weighted by molar-refractivity contribution is -0.142. The van der Waals surface area contributed by atoms with Crippen LogP contribution in [-0.2, 0) is 16.1 Å². The van der Waals surface area contributed by atoms with Crippen molar-refractivity contribution in [2.75, 3.05) is 13.1 Å².